The van der Waals surface area contributed by atoms with E-state index in [0.717, 1.165) is 12.8 Å². The molecule has 0 aromatic rings. The van der Waals surface area contributed by atoms with Gasteiger partial charge < -0.3 is 9.84 Å². The quantitative estimate of drug-likeness (QED) is 0.702. The molecule has 2 heteroatoms. The maximum absolute atomic E-state index is 10.7. The fourth-order valence-electron chi connectivity index (χ4n) is 5.28. The van der Waals surface area contributed by atoms with Crippen LogP contribution in [0.4, 0.5) is 0 Å². The molecule has 0 amide bonds. The molecule has 4 atom stereocenters. The van der Waals surface area contributed by atoms with E-state index in [1.807, 2.05) is 0 Å². The highest BCUT2D eigenvalue weighted by molar-refractivity contribution is 5.20. The standard InChI is InChI=1S/C15H26O2/c1-12(2)6-5-7-13(3)8-9-14(4)10-11(16)15(12,13)17-14/h11,16H,5-10H2,1-4H3/t11?,13-,14-,15+/m1/s1. The number of hydrogen-bond acceptors (Lipinski definition) is 2. The van der Waals surface area contributed by atoms with E-state index in [1.54, 1.807) is 0 Å². The zero-order chi connectivity index (χ0) is 12.5. The van der Waals surface area contributed by atoms with Crippen LogP contribution in [0.5, 0.6) is 0 Å². The molecule has 3 fully saturated rings. The second kappa shape index (κ2) is 3.08. The molecule has 3 rings (SSSR count). The normalized spacial score (nSPS) is 56.6. The third-order valence-corrected chi connectivity index (χ3v) is 6.14. The largest absolute Gasteiger partial charge is 0.390 e. The van der Waals surface area contributed by atoms with E-state index in [1.165, 1.54) is 25.7 Å². The first-order chi connectivity index (χ1) is 7.75. The van der Waals surface area contributed by atoms with Crippen molar-refractivity contribution in [2.24, 2.45) is 10.8 Å². The predicted octanol–water partition coefficient (Wildman–Crippen LogP) is 3.28. The zero-order valence-corrected chi connectivity index (χ0v) is 11.7. The molecule has 0 aromatic carbocycles. The third kappa shape index (κ3) is 1.24. The smallest absolute Gasteiger partial charge is 0.105 e. The highest BCUT2D eigenvalue weighted by atomic mass is 16.6. The Morgan fingerprint density at radius 2 is 1.71 bits per heavy atom. The van der Waals surface area contributed by atoms with Gasteiger partial charge in [-0.05, 0) is 43.4 Å². The van der Waals surface area contributed by atoms with Gasteiger partial charge in [-0.2, -0.15) is 0 Å². The van der Waals surface area contributed by atoms with Crippen molar-refractivity contribution in [2.45, 2.75) is 83.5 Å². The van der Waals surface area contributed by atoms with E-state index in [4.69, 9.17) is 4.74 Å². The molecule has 2 saturated heterocycles. The van der Waals surface area contributed by atoms with E-state index in [0.29, 0.717) is 0 Å². The van der Waals surface area contributed by atoms with Crippen molar-refractivity contribution in [2.75, 3.05) is 0 Å². The molecule has 98 valence electrons. The van der Waals surface area contributed by atoms with Crippen molar-refractivity contribution in [3.63, 3.8) is 0 Å². The van der Waals surface area contributed by atoms with Crippen LogP contribution in [0, 0.1) is 10.8 Å². The van der Waals surface area contributed by atoms with Crippen LogP contribution in [-0.4, -0.2) is 22.4 Å². The maximum Gasteiger partial charge on any atom is 0.105 e. The van der Waals surface area contributed by atoms with Crippen LogP contribution in [0.2, 0.25) is 0 Å². The Labute approximate surface area is 105 Å². The van der Waals surface area contributed by atoms with Crippen LogP contribution < -0.4 is 0 Å². The zero-order valence-electron chi connectivity index (χ0n) is 11.7. The van der Waals surface area contributed by atoms with Gasteiger partial charge in [-0.15, -0.1) is 0 Å². The summed E-state index contributed by atoms with van der Waals surface area (Å²) >= 11 is 0. The average molecular weight is 238 g/mol. The lowest BCUT2D eigenvalue weighted by Crippen LogP contribution is -2.66. The van der Waals surface area contributed by atoms with Crippen molar-refractivity contribution in [3.8, 4) is 0 Å². The minimum Gasteiger partial charge on any atom is -0.390 e. The van der Waals surface area contributed by atoms with Crippen molar-refractivity contribution >= 4 is 0 Å². The molecule has 0 aromatic heterocycles. The number of hydrogen-bond donors (Lipinski definition) is 1. The van der Waals surface area contributed by atoms with Crippen molar-refractivity contribution in [3.05, 3.63) is 0 Å². The molecule has 2 nitrogen and oxygen atoms in total. The van der Waals surface area contributed by atoms with E-state index >= 15 is 0 Å². The Morgan fingerprint density at radius 1 is 1.00 bits per heavy atom. The van der Waals surface area contributed by atoms with Gasteiger partial charge in [0, 0.05) is 6.42 Å². The molecule has 1 N–H and O–H groups in total. The van der Waals surface area contributed by atoms with Gasteiger partial charge >= 0.3 is 0 Å². The van der Waals surface area contributed by atoms with E-state index in [-0.39, 0.29) is 28.1 Å². The summed E-state index contributed by atoms with van der Waals surface area (Å²) in [5, 5.41) is 10.7. The lowest BCUT2D eigenvalue weighted by atomic mass is 9.50. The Morgan fingerprint density at radius 3 is 2.41 bits per heavy atom. The molecular formula is C15H26O2. The summed E-state index contributed by atoms with van der Waals surface area (Å²) in [6.45, 7) is 9.13. The van der Waals surface area contributed by atoms with Crippen LogP contribution >= 0.6 is 0 Å². The van der Waals surface area contributed by atoms with Gasteiger partial charge in [-0.3, -0.25) is 0 Å². The fraction of sp³-hybridized carbons (Fsp3) is 1.00. The predicted molar refractivity (Wildman–Crippen MR) is 67.8 cm³/mol. The van der Waals surface area contributed by atoms with E-state index in [2.05, 4.69) is 27.7 Å². The minimum atomic E-state index is -0.300. The summed E-state index contributed by atoms with van der Waals surface area (Å²) in [4.78, 5) is 0. The summed E-state index contributed by atoms with van der Waals surface area (Å²) in [5.41, 5.74) is -0.111. The van der Waals surface area contributed by atoms with Gasteiger partial charge in [0.25, 0.3) is 0 Å². The van der Waals surface area contributed by atoms with Crippen molar-refractivity contribution in [1.29, 1.82) is 0 Å². The molecule has 2 bridgehead atoms. The first-order valence-electron chi connectivity index (χ1n) is 7.13. The van der Waals surface area contributed by atoms with E-state index < -0.39 is 0 Å². The van der Waals surface area contributed by atoms with Crippen molar-refractivity contribution < 1.29 is 9.84 Å². The lowest BCUT2D eigenvalue weighted by molar-refractivity contribution is -0.282. The first kappa shape index (κ1) is 12.0. The van der Waals surface area contributed by atoms with Crippen molar-refractivity contribution in [1.82, 2.24) is 0 Å². The number of aliphatic hydroxyl groups is 1. The summed E-state index contributed by atoms with van der Waals surface area (Å²) in [7, 11) is 0. The van der Waals surface area contributed by atoms with Crippen LogP contribution in [0.25, 0.3) is 0 Å². The van der Waals surface area contributed by atoms with Gasteiger partial charge in [0.05, 0.1) is 11.7 Å². The molecular weight excluding hydrogens is 212 g/mol. The lowest BCUT2D eigenvalue weighted by Gasteiger charge is -2.62. The summed E-state index contributed by atoms with van der Waals surface area (Å²) in [5.74, 6) is 0. The molecule has 1 unspecified atom stereocenters. The topological polar surface area (TPSA) is 29.5 Å². The number of fused-ring (bicyclic) bond motifs is 1. The van der Waals surface area contributed by atoms with Crippen LogP contribution in [-0.2, 0) is 4.74 Å². The van der Waals surface area contributed by atoms with Crippen LogP contribution in [0.3, 0.4) is 0 Å². The van der Waals surface area contributed by atoms with Gasteiger partial charge in [0.2, 0.25) is 0 Å². The second-order valence-electron chi connectivity index (χ2n) is 7.81. The third-order valence-electron chi connectivity index (χ3n) is 6.14. The van der Waals surface area contributed by atoms with E-state index in [9.17, 15) is 5.11 Å². The van der Waals surface area contributed by atoms with Gasteiger partial charge in [-0.1, -0.05) is 27.2 Å². The molecule has 2 heterocycles. The Hall–Kier alpha value is -0.0800. The SMILES string of the molecule is CC1(C)CCC[C@]2(C)CC[C@]3(C)CC(O)[C@]12O3. The highest BCUT2D eigenvalue weighted by Gasteiger charge is 2.71. The molecule has 1 spiro atoms. The number of rotatable bonds is 0. The van der Waals surface area contributed by atoms with Gasteiger partial charge in [-0.25, -0.2) is 0 Å². The van der Waals surface area contributed by atoms with Gasteiger partial charge in [0.15, 0.2) is 0 Å². The monoisotopic (exact) mass is 238 g/mol. The van der Waals surface area contributed by atoms with Crippen LogP contribution in [0.15, 0.2) is 0 Å². The fourth-order valence-corrected chi connectivity index (χ4v) is 5.28. The van der Waals surface area contributed by atoms with Gasteiger partial charge in [0.1, 0.15) is 5.60 Å². The first-order valence-corrected chi connectivity index (χ1v) is 7.13. The molecule has 17 heavy (non-hydrogen) atoms. The minimum absolute atomic E-state index is 0.0759. The number of ether oxygens (including phenoxy) is 1. The molecule has 3 aliphatic rings. The Kier molecular flexibility index (Phi) is 2.17. The Balaban J connectivity index is 2.14. The second-order valence-corrected chi connectivity index (χ2v) is 7.81. The summed E-state index contributed by atoms with van der Waals surface area (Å²) in [6, 6.07) is 0. The maximum atomic E-state index is 10.7. The Bertz CT molecular complexity index is 351. The summed E-state index contributed by atoms with van der Waals surface area (Å²) < 4.78 is 6.56. The summed E-state index contributed by atoms with van der Waals surface area (Å²) in [6.07, 6.45) is 6.53. The average Bonchev–Trinajstić information content (AvgIpc) is 2.44. The molecule has 2 aliphatic heterocycles. The molecule has 1 saturated carbocycles. The molecule has 1 aliphatic carbocycles. The van der Waals surface area contributed by atoms with Crippen LogP contribution in [0.1, 0.15) is 66.2 Å². The number of aliphatic hydroxyl groups excluding tert-OH is 1. The molecule has 0 radical (unpaired) electrons. The highest BCUT2D eigenvalue weighted by Crippen LogP contribution is 2.67.